The van der Waals surface area contributed by atoms with Crippen LogP contribution >= 0.6 is 0 Å². The van der Waals surface area contributed by atoms with Crippen LogP contribution in [0.25, 0.3) is 0 Å². The summed E-state index contributed by atoms with van der Waals surface area (Å²) in [5.74, 6) is -1.29. The molecule has 1 atom stereocenters. The number of Topliss-reactive ketones (excluding diaryl/α,β-unsaturated/α-hetero) is 1. The van der Waals surface area contributed by atoms with E-state index >= 15 is 0 Å². The summed E-state index contributed by atoms with van der Waals surface area (Å²) in [6.45, 7) is 3.19. The molecule has 23 heavy (non-hydrogen) atoms. The number of carbonyl (C=O) groups is 1. The van der Waals surface area contributed by atoms with Crippen molar-refractivity contribution in [1.82, 2.24) is 4.98 Å². The van der Waals surface area contributed by atoms with E-state index in [9.17, 15) is 18.0 Å². The summed E-state index contributed by atoms with van der Waals surface area (Å²) >= 11 is 0. The fraction of sp³-hybridized carbons (Fsp3) is 0.438. The monoisotopic (exact) mass is 324 g/mol. The van der Waals surface area contributed by atoms with Crippen molar-refractivity contribution in [3.8, 4) is 6.07 Å². The fourth-order valence-electron chi connectivity index (χ4n) is 2.89. The van der Waals surface area contributed by atoms with Crippen LogP contribution in [0.15, 0.2) is 23.9 Å². The Morgan fingerprint density at radius 1 is 1.43 bits per heavy atom. The van der Waals surface area contributed by atoms with Crippen LogP contribution in [0, 0.1) is 22.6 Å². The number of pyridine rings is 1. The highest BCUT2D eigenvalue weighted by Crippen LogP contribution is 2.46. The van der Waals surface area contributed by atoms with E-state index in [1.54, 1.807) is 19.9 Å². The molecule has 0 radical (unpaired) electrons. The second-order valence-corrected chi connectivity index (χ2v) is 6.05. The van der Waals surface area contributed by atoms with Crippen LogP contribution in [0.1, 0.15) is 38.0 Å². The molecule has 1 heterocycles. The minimum Gasteiger partial charge on any atom is -0.368 e. The number of nitrogens with zero attached hydrogens (tertiary/aromatic N) is 2. The Morgan fingerprint density at radius 3 is 2.61 bits per heavy atom. The number of hydrogen-bond acceptors (Lipinski definition) is 4. The first kappa shape index (κ1) is 17.2. The first-order valence-electron chi connectivity index (χ1n) is 6.84. The van der Waals surface area contributed by atoms with Gasteiger partial charge in [-0.25, -0.2) is 13.2 Å². The average Bonchev–Trinajstić information content (AvgIpc) is 2.49. The molecule has 2 rings (SSSR count). The van der Waals surface area contributed by atoms with Crippen LogP contribution in [0.3, 0.4) is 0 Å². The SMILES string of the molecule is CO[C@]1(c2ncc(F)cc2C(F)F)C=C(C#N)C(=O)C(C)(C)C1. The van der Waals surface area contributed by atoms with Gasteiger partial charge in [-0.2, -0.15) is 5.26 Å². The zero-order valence-corrected chi connectivity index (χ0v) is 12.9. The van der Waals surface area contributed by atoms with E-state index in [4.69, 9.17) is 10.00 Å². The number of ether oxygens (including phenoxy) is 1. The van der Waals surface area contributed by atoms with Crippen LogP contribution in [0.5, 0.6) is 0 Å². The lowest BCUT2D eigenvalue weighted by molar-refractivity contribution is -0.128. The summed E-state index contributed by atoms with van der Waals surface area (Å²) in [5, 5.41) is 9.17. The molecule has 0 fully saturated rings. The van der Waals surface area contributed by atoms with Gasteiger partial charge in [0, 0.05) is 18.1 Å². The third-order valence-electron chi connectivity index (χ3n) is 3.95. The van der Waals surface area contributed by atoms with Gasteiger partial charge in [-0.1, -0.05) is 13.8 Å². The van der Waals surface area contributed by atoms with E-state index in [-0.39, 0.29) is 17.7 Å². The molecular formula is C16H15F3N2O2. The normalized spacial score (nSPS) is 23.6. The van der Waals surface area contributed by atoms with E-state index in [1.807, 2.05) is 0 Å². The predicted octanol–water partition coefficient (Wildman–Crippen LogP) is 3.45. The van der Waals surface area contributed by atoms with Gasteiger partial charge in [0.1, 0.15) is 17.5 Å². The van der Waals surface area contributed by atoms with Gasteiger partial charge in [0.15, 0.2) is 5.78 Å². The number of hydrogen-bond donors (Lipinski definition) is 0. The Hall–Kier alpha value is -2.20. The lowest BCUT2D eigenvalue weighted by atomic mass is 9.68. The van der Waals surface area contributed by atoms with Gasteiger partial charge in [-0.15, -0.1) is 0 Å². The molecule has 1 aromatic rings. The molecule has 0 spiro atoms. The quantitative estimate of drug-likeness (QED) is 0.854. The zero-order chi connectivity index (χ0) is 17.4. The standard InChI is InChI=1S/C16H15F3N2O2/c1-15(2)8-16(23-3,5-9(6-20)13(15)22)12-11(14(18)19)4-10(17)7-21-12/h4-5,7,14H,8H2,1-3H3/t16-/m1/s1. The molecule has 0 aromatic carbocycles. The van der Waals surface area contributed by atoms with Crippen LogP contribution in [-0.2, 0) is 15.1 Å². The van der Waals surface area contributed by atoms with Gasteiger partial charge < -0.3 is 4.74 Å². The number of alkyl halides is 2. The van der Waals surface area contributed by atoms with E-state index in [1.165, 1.54) is 13.2 Å². The molecule has 122 valence electrons. The number of rotatable bonds is 3. The highest BCUT2D eigenvalue weighted by molar-refractivity contribution is 6.04. The Morgan fingerprint density at radius 2 is 2.09 bits per heavy atom. The van der Waals surface area contributed by atoms with Crippen molar-refractivity contribution in [2.24, 2.45) is 5.41 Å². The summed E-state index contributed by atoms with van der Waals surface area (Å²) in [6.07, 6.45) is -0.948. The molecule has 1 aliphatic carbocycles. The summed E-state index contributed by atoms with van der Waals surface area (Å²) in [7, 11) is 1.28. The highest BCUT2D eigenvalue weighted by atomic mass is 19.3. The van der Waals surface area contributed by atoms with Crippen LogP contribution in [-0.4, -0.2) is 17.9 Å². The van der Waals surface area contributed by atoms with Crippen molar-refractivity contribution in [2.75, 3.05) is 7.11 Å². The van der Waals surface area contributed by atoms with Crippen LogP contribution in [0.4, 0.5) is 13.2 Å². The molecule has 0 N–H and O–H groups in total. The van der Waals surface area contributed by atoms with Crippen LogP contribution < -0.4 is 0 Å². The smallest absolute Gasteiger partial charge is 0.265 e. The van der Waals surface area contributed by atoms with Crippen molar-refractivity contribution in [3.63, 3.8) is 0 Å². The average molecular weight is 324 g/mol. The van der Waals surface area contributed by atoms with Gasteiger partial charge >= 0.3 is 0 Å². The lowest BCUT2D eigenvalue weighted by Gasteiger charge is -2.40. The molecule has 0 amide bonds. The Labute approximate surface area is 131 Å². The van der Waals surface area contributed by atoms with Gasteiger partial charge in [-0.05, 0) is 18.6 Å². The van der Waals surface area contributed by atoms with Crippen molar-refractivity contribution in [1.29, 1.82) is 5.26 Å². The Kier molecular flexibility index (Phi) is 4.31. The number of allylic oxidation sites excluding steroid dienone is 1. The van der Waals surface area contributed by atoms with Gasteiger partial charge in [-0.3, -0.25) is 9.78 Å². The molecule has 0 aliphatic heterocycles. The van der Waals surface area contributed by atoms with Gasteiger partial charge in [0.25, 0.3) is 6.43 Å². The summed E-state index contributed by atoms with van der Waals surface area (Å²) in [6, 6.07) is 2.46. The second kappa shape index (κ2) is 5.78. The van der Waals surface area contributed by atoms with E-state index < -0.39 is 34.6 Å². The lowest BCUT2D eigenvalue weighted by Crippen LogP contribution is -2.43. The molecule has 0 unspecified atom stereocenters. The molecule has 0 bridgehead atoms. The molecule has 4 nitrogen and oxygen atoms in total. The molecular weight excluding hydrogens is 309 g/mol. The number of ketones is 1. The third-order valence-corrected chi connectivity index (χ3v) is 3.95. The first-order chi connectivity index (χ1) is 10.7. The molecule has 1 aromatic heterocycles. The van der Waals surface area contributed by atoms with E-state index in [0.29, 0.717) is 6.07 Å². The Bertz CT molecular complexity index is 723. The molecule has 7 heteroatoms. The van der Waals surface area contributed by atoms with E-state index in [2.05, 4.69) is 4.98 Å². The van der Waals surface area contributed by atoms with Crippen LogP contribution in [0.2, 0.25) is 0 Å². The maximum atomic E-state index is 13.3. The largest absolute Gasteiger partial charge is 0.368 e. The predicted molar refractivity (Wildman–Crippen MR) is 74.9 cm³/mol. The van der Waals surface area contributed by atoms with Crippen molar-refractivity contribution in [3.05, 3.63) is 41.0 Å². The number of methoxy groups -OCH3 is 1. The third kappa shape index (κ3) is 2.86. The fourth-order valence-corrected chi connectivity index (χ4v) is 2.89. The molecule has 0 saturated carbocycles. The number of carbonyl (C=O) groups excluding carboxylic acids is 1. The maximum absolute atomic E-state index is 13.3. The second-order valence-electron chi connectivity index (χ2n) is 6.05. The van der Waals surface area contributed by atoms with Gasteiger partial charge in [0.2, 0.25) is 0 Å². The summed E-state index contributed by atoms with van der Waals surface area (Å²) in [5.41, 5.74) is -3.50. The minimum absolute atomic E-state index is 0.0128. The van der Waals surface area contributed by atoms with E-state index in [0.717, 1.165) is 6.20 Å². The highest BCUT2D eigenvalue weighted by Gasteiger charge is 2.48. The number of halogens is 3. The number of nitriles is 1. The van der Waals surface area contributed by atoms with Crippen molar-refractivity contribution < 1.29 is 22.7 Å². The van der Waals surface area contributed by atoms with Gasteiger partial charge in [0.05, 0.1) is 17.5 Å². The zero-order valence-electron chi connectivity index (χ0n) is 12.9. The Balaban J connectivity index is 2.75. The molecule has 1 aliphatic rings. The topological polar surface area (TPSA) is 63.0 Å². The summed E-state index contributed by atoms with van der Waals surface area (Å²) in [4.78, 5) is 16.0. The van der Waals surface area contributed by atoms with Crippen molar-refractivity contribution in [2.45, 2.75) is 32.3 Å². The molecule has 0 saturated heterocycles. The van der Waals surface area contributed by atoms with Crippen molar-refractivity contribution >= 4 is 5.78 Å². The maximum Gasteiger partial charge on any atom is 0.265 e. The summed E-state index contributed by atoms with van der Waals surface area (Å²) < 4.78 is 45.3. The number of aromatic nitrogens is 1. The first-order valence-corrected chi connectivity index (χ1v) is 6.84. The minimum atomic E-state index is -2.97.